The molecule has 0 aliphatic carbocycles. The maximum Gasteiger partial charge on any atom is 0.417 e. The van der Waals surface area contributed by atoms with E-state index >= 15 is 0 Å². The van der Waals surface area contributed by atoms with E-state index in [1.54, 1.807) is 0 Å². The third kappa shape index (κ3) is 4.14. The van der Waals surface area contributed by atoms with Gasteiger partial charge in [-0.05, 0) is 31.4 Å². The minimum Gasteiger partial charge on any atom is -0.279 e. The van der Waals surface area contributed by atoms with Crippen molar-refractivity contribution in [3.05, 3.63) is 46.1 Å². The Bertz CT molecular complexity index is 1010. The van der Waals surface area contributed by atoms with Gasteiger partial charge in [0.15, 0.2) is 0 Å². The minimum absolute atomic E-state index is 0.247. The fourth-order valence-corrected chi connectivity index (χ4v) is 4.85. The molecule has 1 unspecified atom stereocenters. The number of aromatic nitrogens is 3. The van der Waals surface area contributed by atoms with Crippen LogP contribution in [0.25, 0.3) is 0 Å². The molecule has 0 fully saturated rings. The SMILES string of the molecule is CCCn1nc2n(c1=O)CCC(NS(=O)(=O)c1ccccc1C(F)(F)F)CC2. The normalized spacial score (nSPS) is 17.9. The van der Waals surface area contributed by atoms with Gasteiger partial charge < -0.3 is 0 Å². The van der Waals surface area contributed by atoms with E-state index in [1.165, 1.54) is 15.3 Å². The van der Waals surface area contributed by atoms with Gasteiger partial charge in [0.2, 0.25) is 10.0 Å². The lowest BCUT2D eigenvalue weighted by Crippen LogP contribution is -2.36. The van der Waals surface area contributed by atoms with Crippen LogP contribution in [0.1, 0.15) is 37.6 Å². The molecule has 154 valence electrons. The molecule has 1 atom stereocenters. The number of halogens is 3. The maximum atomic E-state index is 13.2. The molecule has 3 rings (SSSR count). The van der Waals surface area contributed by atoms with Crippen LogP contribution in [0.3, 0.4) is 0 Å². The zero-order valence-electron chi connectivity index (χ0n) is 15.2. The van der Waals surface area contributed by atoms with Gasteiger partial charge in [-0.2, -0.15) is 18.3 Å². The fraction of sp³-hybridized carbons (Fsp3) is 0.529. The van der Waals surface area contributed by atoms with Crippen LogP contribution in [0.2, 0.25) is 0 Å². The number of fused-ring (bicyclic) bond motifs is 1. The Morgan fingerprint density at radius 1 is 1.25 bits per heavy atom. The Hall–Kier alpha value is -2.14. The molecule has 2 aromatic rings. The first-order valence-electron chi connectivity index (χ1n) is 8.98. The quantitative estimate of drug-likeness (QED) is 0.806. The van der Waals surface area contributed by atoms with E-state index in [2.05, 4.69) is 9.82 Å². The summed E-state index contributed by atoms with van der Waals surface area (Å²) in [5.41, 5.74) is -1.45. The van der Waals surface area contributed by atoms with Gasteiger partial charge in [0.05, 0.1) is 10.5 Å². The second kappa shape index (κ2) is 7.70. The van der Waals surface area contributed by atoms with E-state index in [4.69, 9.17) is 0 Å². The lowest BCUT2D eigenvalue weighted by atomic mass is 10.1. The van der Waals surface area contributed by atoms with Gasteiger partial charge >= 0.3 is 11.9 Å². The molecule has 0 bridgehead atoms. The molecule has 1 aromatic carbocycles. The van der Waals surface area contributed by atoms with Crippen molar-refractivity contribution in [2.24, 2.45) is 0 Å². The molecule has 1 aromatic heterocycles. The van der Waals surface area contributed by atoms with Crippen LogP contribution in [0, 0.1) is 0 Å². The van der Waals surface area contributed by atoms with Crippen molar-refractivity contribution in [3.8, 4) is 0 Å². The number of hydrogen-bond acceptors (Lipinski definition) is 4. The molecule has 11 heteroatoms. The predicted octanol–water partition coefficient (Wildman–Crippen LogP) is 2.16. The fourth-order valence-electron chi connectivity index (χ4n) is 3.32. The third-order valence-corrected chi connectivity index (χ3v) is 6.23. The van der Waals surface area contributed by atoms with Gasteiger partial charge in [0.1, 0.15) is 5.82 Å². The molecule has 2 heterocycles. The molecule has 0 amide bonds. The molecule has 0 saturated carbocycles. The van der Waals surface area contributed by atoms with E-state index < -0.39 is 32.7 Å². The average molecular weight is 418 g/mol. The van der Waals surface area contributed by atoms with E-state index in [9.17, 15) is 26.4 Å². The number of hydrogen-bond donors (Lipinski definition) is 1. The molecule has 1 N–H and O–H groups in total. The highest BCUT2D eigenvalue weighted by atomic mass is 32.2. The highest BCUT2D eigenvalue weighted by molar-refractivity contribution is 7.89. The minimum atomic E-state index is -4.78. The first-order chi connectivity index (χ1) is 13.1. The zero-order valence-corrected chi connectivity index (χ0v) is 16.1. The lowest BCUT2D eigenvalue weighted by Gasteiger charge is -2.18. The Labute approximate surface area is 160 Å². The zero-order chi connectivity index (χ0) is 20.5. The van der Waals surface area contributed by atoms with Crippen molar-refractivity contribution < 1.29 is 21.6 Å². The summed E-state index contributed by atoms with van der Waals surface area (Å²) in [5.74, 6) is 0.566. The third-order valence-electron chi connectivity index (χ3n) is 4.66. The average Bonchev–Trinajstić information content (AvgIpc) is 2.79. The number of alkyl halides is 3. The number of aryl methyl sites for hydroxylation is 2. The standard InChI is InChI=1S/C17H21F3N4O3S/c1-2-10-24-16(25)23-11-9-12(7-8-15(23)21-24)22-28(26,27)14-6-4-3-5-13(14)17(18,19)20/h3-6,12,22H,2,7-11H2,1H3. The summed E-state index contributed by atoms with van der Waals surface area (Å²) in [7, 11) is -4.37. The van der Waals surface area contributed by atoms with Gasteiger partial charge in [0.25, 0.3) is 0 Å². The topological polar surface area (TPSA) is 86.0 Å². The number of rotatable bonds is 5. The van der Waals surface area contributed by atoms with E-state index in [-0.39, 0.29) is 18.7 Å². The Morgan fingerprint density at radius 2 is 1.96 bits per heavy atom. The molecule has 0 spiro atoms. The van der Waals surface area contributed by atoms with Crippen LogP contribution < -0.4 is 10.4 Å². The van der Waals surface area contributed by atoms with E-state index in [0.717, 1.165) is 24.6 Å². The van der Waals surface area contributed by atoms with Crippen molar-refractivity contribution in [2.45, 2.75) is 62.8 Å². The van der Waals surface area contributed by atoms with E-state index in [1.807, 2.05) is 6.92 Å². The number of nitrogens with one attached hydrogen (secondary N) is 1. The predicted molar refractivity (Wildman–Crippen MR) is 95.3 cm³/mol. The van der Waals surface area contributed by atoms with Crippen LogP contribution >= 0.6 is 0 Å². The van der Waals surface area contributed by atoms with Crippen molar-refractivity contribution >= 4 is 10.0 Å². The summed E-state index contributed by atoms with van der Waals surface area (Å²) in [6.45, 7) is 2.69. The number of benzene rings is 1. The van der Waals surface area contributed by atoms with Gasteiger partial charge in [-0.1, -0.05) is 19.1 Å². The van der Waals surface area contributed by atoms with Gasteiger partial charge in [0, 0.05) is 25.6 Å². The highest BCUT2D eigenvalue weighted by Gasteiger charge is 2.37. The molecular weight excluding hydrogens is 397 g/mol. The maximum absolute atomic E-state index is 13.2. The molecule has 7 nitrogen and oxygen atoms in total. The van der Waals surface area contributed by atoms with Crippen molar-refractivity contribution in [1.82, 2.24) is 19.1 Å². The monoisotopic (exact) mass is 418 g/mol. The summed E-state index contributed by atoms with van der Waals surface area (Å²) in [6.07, 6.45) is -3.02. The van der Waals surface area contributed by atoms with Crippen LogP contribution in [-0.4, -0.2) is 28.8 Å². The summed E-state index contributed by atoms with van der Waals surface area (Å²) in [6, 6.07) is 3.49. The molecule has 28 heavy (non-hydrogen) atoms. The molecule has 0 radical (unpaired) electrons. The first kappa shape index (κ1) is 20.6. The number of sulfonamides is 1. The Kier molecular flexibility index (Phi) is 5.67. The lowest BCUT2D eigenvalue weighted by molar-refractivity contribution is -0.139. The first-order valence-corrected chi connectivity index (χ1v) is 10.5. The van der Waals surface area contributed by atoms with Crippen molar-refractivity contribution in [1.29, 1.82) is 0 Å². The van der Waals surface area contributed by atoms with Gasteiger partial charge in [-0.15, -0.1) is 0 Å². The summed E-state index contributed by atoms with van der Waals surface area (Å²) in [4.78, 5) is 11.5. The highest BCUT2D eigenvalue weighted by Crippen LogP contribution is 2.34. The Balaban J connectivity index is 1.79. The van der Waals surface area contributed by atoms with Crippen LogP contribution in [0.5, 0.6) is 0 Å². The van der Waals surface area contributed by atoms with E-state index in [0.29, 0.717) is 25.2 Å². The van der Waals surface area contributed by atoms with Gasteiger partial charge in [-0.25, -0.2) is 22.6 Å². The Morgan fingerprint density at radius 3 is 2.64 bits per heavy atom. The molecule has 1 aliphatic rings. The summed E-state index contributed by atoms with van der Waals surface area (Å²) < 4.78 is 70.0. The molecular formula is C17H21F3N4O3S. The second-order valence-electron chi connectivity index (χ2n) is 6.71. The number of nitrogens with zero attached hydrogens (tertiary/aromatic N) is 3. The van der Waals surface area contributed by atoms with Crippen molar-refractivity contribution in [2.75, 3.05) is 0 Å². The summed E-state index contributed by atoms with van der Waals surface area (Å²) >= 11 is 0. The van der Waals surface area contributed by atoms with Crippen LogP contribution in [0.4, 0.5) is 13.2 Å². The van der Waals surface area contributed by atoms with Crippen molar-refractivity contribution in [3.63, 3.8) is 0 Å². The second-order valence-corrected chi connectivity index (χ2v) is 8.40. The largest absolute Gasteiger partial charge is 0.417 e. The summed E-state index contributed by atoms with van der Waals surface area (Å²) in [5, 5.41) is 4.28. The van der Waals surface area contributed by atoms with Gasteiger partial charge in [-0.3, -0.25) is 4.57 Å². The van der Waals surface area contributed by atoms with Crippen LogP contribution in [-0.2, 0) is 35.7 Å². The molecule has 0 saturated heterocycles. The van der Waals surface area contributed by atoms with Crippen LogP contribution in [0.15, 0.2) is 34.0 Å². The smallest absolute Gasteiger partial charge is 0.279 e. The molecule has 1 aliphatic heterocycles.